The molecule has 0 saturated carbocycles. The fourth-order valence-corrected chi connectivity index (χ4v) is 2.34. The van der Waals surface area contributed by atoms with E-state index in [1.54, 1.807) is 13.2 Å². The predicted molar refractivity (Wildman–Crippen MR) is 84.4 cm³/mol. The lowest BCUT2D eigenvalue weighted by Gasteiger charge is -2.15. The van der Waals surface area contributed by atoms with Gasteiger partial charge in [-0.2, -0.15) is 13.2 Å². The van der Waals surface area contributed by atoms with Crippen molar-refractivity contribution in [3.63, 3.8) is 0 Å². The normalized spacial score (nSPS) is 12.9. The van der Waals surface area contributed by atoms with Crippen LogP contribution in [-0.2, 0) is 19.1 Å². The lowest BCUT2D eigenvalue weighted by molar-refractivity contribution is -0.137. The molecular weight excluding hydrogens is 303 g/mol. The van der Waals surface area contributed by atoms with Gasteiger partial charge in [-0.3, -0.25) is 0 Å². The standard InChI is InChI=1S/C18H20F3NO/c1-13(22-12-14-6-8-17(23-2)9-7-14)10-15-4-3-5-16(11-15)18(19,20)21/h3-9,11,13,22H,10,12H2,1-2H3/t13-/m1/s1. The van der Waals surface area contributed by atoms with E-state index in [1.807, 2.05) is 31.2 Å². The molecule has 0 aliphatic rings. The number of benzene rings is 2. The Bertz CT molecular complexity index is 623. The van der Waals surface area contributed by atoms with E-state index in [0.29, 0.717) is 18.5 Å². The number of hydrogen-bond acceptors (Lipinski definition) is 2. The monoisotopic (exact) mass is 323 g/mol. The number of rotatable bonds is 6. The summed E-state index contributed by atoms with van der Waals surface area (Å²) in [6.07, 6.45) is -3.75. The molecule has 2 nitrogen and oxygen atoms in total. The fourth-order valence-electron chi connectivity index (χ4n) is 2.34. The Hall–Kier alpha value is -2.01. The van der Waals surface area contributed by atoms with Crippen molar-refractivity contribution in [2.75, 3.05) is 7.11 Å². The summed E-state index contributed by atoms with van der Waals surface area (Å²) in [4.78, 5) is 0. The number of alkyl halides is 3. The highest BCUT2D eigenvalue weighted by Gasteiger charge is 2.30. The average Bonchev–Trinajstić information content (AvgIpc) is 2.53. The minimum atomic E-state index is -4.30. The Labute approximate surface area is 134 Å². The summed E-state index contributed by atoms with van der Waals surface area (Å²) >= 11 is 0. The third-order valence-corrected chi connectivity index (χ3v) is 3.61. The van der Waals surface area contributed by atoms with E-state index in [2.05, 4.69) is 5.32 Å². The molecule has 0 heterocycles. The van der Waals surface area contributed by atoms with Gasteiger partial charge in [0, 0.05) is 12.6 Å². The van der Waals surface area contributed by atoms with E-state index in [-0.39, 0.29) is 6.04 Å². The van der Waals surface area contributed by atoms with Gasteiger partial charge in [0.2, 0.25) is 0 Å². The molecule has 0 aromatic heterocycles. The zero-order chi connectivity index (χ0) is 16.9. The molecule has 2 aromatic carbocycles. The highest BCUT2D eigenvalue weighted by molar-refractivity contribution is 5.28. The lowest BCUT2D eigenvalue weighted by atomic mass is 10.0. The van der Waals surface area contributed by atoms with Crippen LogP contribution < -0.4 is 10.1 Å². The van der Waals surface area contributed by atoms with Crippen molar-refractivity contribution >= 4 is 0 Å². The Balaban J connectivity index is 1.90. The zero-order valence-electron chi connectivity index (χ0n) is 13.2. The number of nitrogens with one attached hydrogen (secondary N) is 1. The summed E-state index contributed by atoms with van der Waals surface area (Å²) in [7, 11) is 1.62. The molecule has 1 atom stereocenters. The van der Waals surface area contributed by atoms with E-state index in [0.717, 1.165) is 17.4 Å². The van der Waals surface area contributed by atoms with E-state index in [1.165, 1.54) is 12.1 Å². The molecule has 1 N–H and O–H groups in total. The van der Waals surface area contributed by atoms with Crippen LogP contribution in [0.25, 0.3) is 0 Å². The van der Waals surface area contributed by atoms with Gasteiger partial charge in [-0.15, -0.1) is 0 Å². The third kappa shape index (κ3) is 5.28. The average molecular weight is 323 g/mol. The highest BCUT2D eigenvalue weighted by atomic mass is 19.4. The van der Waals surface area contributed by atoms with Crippen LogP contribution in [0, 0.1) is 0 Å². The van der Waals surface area contributed by atoms with E-state index < -0.39 is 11.7 Å². The van der Waals surface area contributed by atoms with Gasteiger partial charge in [0.05, 0.1) is 12.7 Å². The van der Waals surface area contributed by atoms with Crippen LogP contribution in [0.3, 0.4) is 0 Å². The molecule has 0 radical (unpaired) electrons. The second-order valence-corrected chi connectivity index (χ2v) is 5.53. The molecule has 0 fully saturated rings. The van der Waals surface area contributed by atoms with E-state index in [9.17, 15) is 13.2 Å². The first-order valence-electron chi connectivity index (χ1n) is 7.41. The van der Waals surface area contributed by atoms with E-state index in [4.69, 9.17) is 4.74 Å². The molecule has 0 unspecified atom stereocenters. The van der Waals surface area contributed by atoms with Crippen molar-refractivity contribution in [2.45, 2.75) is 32.1 Å². The maximum absolute atomic E-state index is 12.7. The summed E-state index contributed by atoms with van der Waals surface area (Å²) in [6, 6.07) is 13.2. The first-order chi connectivity index (χ1) is 10.9. The molecule has 0 saturated heterocycles. The maximum atomic E-state index is 12.7. The lowest BCUT2D eigenvalue weighted by Crippen LogP contribution is -2.27. The van der Waals surface area contributed by atoms with Crippen molar-refractivity contribution in [3.05, 3.63) is 65.2 Å². The SMILES string of the molecule is COc1ccc(CN[C@H](C)Cc2cccc(C(F)(F)F)c2)cc1. The molecule has 0 aliphatic carbocycles. The Morgan fingerprint density at radius 2 is 1.74 bits per heavy atom. The van der Waals surface area contributed by atoms with Crippen LogP contribution in [-0.4, -0.2) is 13.2 Å². The molecule has 124 valence electrons. The number of hydrogen-bond donors (Lipinski definition) is 1. The van der Waals surface area contributed by atoms with Crippen LogP contribution >= 0.6 is 0 Å². The van der Waals surface area contributed by atoms with Gasteiger partial charge >= 0.3 is 6.18 Å². The van der Waals surface area contributed by atoms with Crippen LogP contribution in [0.4, 0.5) is 13.2 Å². The Morgan fingerprint density at radius 1 is 1.04 bits per heavy atom. The van der Waals surface area contributed by atoms with Crippen molar-refractivity contribution in [1.29, 1.82) is 0 Å². The van der Waals surface area contributed by atoms with Crippen LogP contribution in [0.2, 0.25) is 0 Å². The van der Waals surface area contributed by atoms with Crippen molar-refractivity contribution in [2.24, 2.45) is 0 Å². The molecular formula is C18H20F3NO. The second kappa shape index (κ2) is 7.51. The maximum Gasteiger partial charge on any atom is 0.416 e. The van der Waals surface area contributed by atoms with E-state index >= 15 is 0 Å². The molecule has 0 bridgehead atoms. The van der Waals surface area contributed by atoms with Crippen LogP contribution in [0.15, 0.2) is 48.5 Å². The highest BCUT2D eigenvalue weighted by Crippen LogP contribution is 2.29. The molecule has 0 spiro atoms. The minimum absolute atomic E-state index is 0.0700. The van der Waals surface area contributed by atoms with Gasteiger partial charge in [-0.05, 0) is 42.7 Å². The molecule has 2 rings (SSSR count). The number of halogens is 3. The fraction of sp³-hybridized carbons (Fsp3) is 0.333. The summed E-state index contributed by atoms with van der Waals surface area (Å²) in [5, 5.41) is 3.32. The molecule has 5 heteroatoms. The van der Waals surface area contributed by atoms with Gasteiger partial charge < -0.3 is 10.1 Å². The van der Waals surface area contributed by atoms with Gasteiger partial charge in [0.15, 0.2) is 0 Å². The third-order valence-electron chi connectivity index (χ3n) is 3.61. The van der Waals surface area contributed by atoms with Crippen molar-refractivity contribution in [1.82, 2.24) is 5.32 Å². The summed E-state index contributed by atoms with van der Waals surface area (Å²) < 4.78 is 43.2. The van der Waals surface area contributed by atoms with Crippen molar-refractivity contribution < 1.29 is 17.9 Å². The molecule has 23 heavy (non-hydrogen) atoms. The molecule has 2 aromatic rings. The number of ether oxygens (including phenoxy) is 1. The second-order valence-electron chi connectivity index (χ2n) is 5.53. The van der Waals surface area contributed by atoms with Crippen LogP contribution in [0.5, 0.6) is 5.75 Å². The summed E-state index contributed by atoms with van der Waals surface area (Å²) in [6.45, 7) is 2.62. The summed E-state index contributed by atoms with van der Waals surface area (Å²) in [5.74, 6) is 0.797. The topological polar surface area (TPSA) is 21.3 Å². The molecule has 0 aliphatic heterocycles. The smallest absolute Gasteiger partial charge is 0.416 e. The first-order valence-corrected chi connectivity index (χ1v) is 7.41. The van der Waals surface area contributed by atoms with Crippen molar-refractivity contribution in [3.8, 4) is 5.75 Å². The summed E-state index contributed by atoms with van der Waals surface area (Å²) in [5.41, 5.74) is 1.17. The largest absolute Gasteiger partial charge is 0.497 e. The quantitative estimate of drug-likeness (QED) is 0.849. The van der Waals surface area contributed by atoms with Gasteiger partial charge in [0.1, 0.15) is 5.75 Å². The minimum Gasteiger partial charge on any atom is -0.497 e. The van der Waals surface area contributed by atoms with Gasteiger partial charge in [-0.25, -0.2) is 0 Å². The molecule has 0 amide bonds. The zero-order valence-corrected chi connectivity index (χ0v) is 13.2. The first kappa shape index (κ1) is 17.3. The Kier molecular flexibility index (Phi) is 5.66. The Morgan fingerprint density at radius 3 is 2.35 bits per heavy atom. The predicted octanol–water partition coefficient (Wildman–Crippen LogP) is 4.43. The van der Waals surface area contributed by atoms with Gasteiger partial charge in [-0.1, -0.05) is 30.3 Å². The number of methoxy groups -OCH3 is 1. The van der Waals surface area contributed by atoms with Crippen LogP contribution in [0.1, 0.15) is 23.6 Å². The van der Waals surface area contributed by atoms with Gasteiger partial charge in [0.25, 0.3) is 0 Å².